The lowest BCUT2D eigenvalue weighted by molar-refractivity contribution is -0.779. The molecular formula is C22H49ClNSi+. The predicted octanol–water partition coefficient (Wildman–Crippen LogP) is 7.07. The molecule has 0 aromatic heterocycles. The Hall–Kier alpha value is 0.467. The van der Waals surface area contributed by atoms with E-state index in [0.29, 0.717) is 0 Å². The summed E-state index contributed by atoms with van der Waals surface area (Å²) in [6.45, 7) is 3.67. The average Bonchev–Trinajstić information content (AvgIpc) is 2.59. The van der Waals surface area contributed by atoms with Gasteiger partial charge in [-0.1, -0.05) is 96.8 Å². The second-order valence-electron chi connectivity index (χ2n) is 8.73. The lowest BCUT2D eigenvalue weighted by Crippen LogP contribution is -2.43. The fourth-order valence-electron chi connectivity index (χ4n) is 3.69. The molecule has 0 amide bonds. The first-order valence-electron chi connectivity index (χ1n) is 11.5. The Balaban J connectivity index is 3.14. The van der Waals surface area contributed by atoms with Gasteiger partial charge in [-0.25, -0.2) is 0 Å². The molecule has 0 saturated carbocycles. The summed E-state index contributed by atoms with van der Waals surface area (Å²) in [5, 5.41) is 0. The first-order chi connectivity index (χ1) is 12.1. The Morgan fingerprint density at radius 2 is 0.960 bits per heavy atom. The standard InChI is InChI=1S/C22H49ClNSi/c1-4-5-6-7-8-9-10-11-12-13-14-15-16-17-18-19-21-24(2,3)25-22-20-23/h4-22,25H2,1-3H3/q+1. The molecule has 0 spiro atoms. The molecule has 0 heterocycles. The van der Waals surface area contributed by atoms with E-state index in [0.717, 1.165) is 5.88 Å². The lowest BCUT2D eigenvalue weighted by Gasteiger charge is -2.30. The van der Waals surface area contributed by atoms with Crippen molar-refractivity contribution >= 4 is 21.3 Å². The van der Waals surface area contributed by atoms with E-state index in [1.807, 2.05) is 0 Å². The molecule has 0 aliphatic carbocycles. The van der Waals surface area contributed by atoms with E-state index < -0.39 is 0 Å². The van der Waals surface area contributed by atoms with E-state index in [1.165, 1.54) is 119 Å². The Bertz CT molecular complexity index is 258. The molecule has 0 bridgehead atoms. The quantitative estimate of drug-likeness (QED) is 0.118. The minimum atomic E-state index is -0.0211. The van der Waals surface area contributed by atoms with Gasteiger partial charge in [-0.2, -0.15) is 0 Å². The molecule has 0 radical (unpaired) electrons. The zero-order valence-corrected chi connectivity index (χ0v) is 20.1. The van der Waals surface area contributed by atoms with Gasteiger partial charge in [0.15, 0.2) is 0 Å². The fourth-order valence-corrected chi connectivity index (χ4v) is 5.47. The lowest BCUT2D eigenvalue weighted by atomic mass is 10.0. The van der Waals surface area contributed by atoms with Crippen molar-refractivity contribution in [3.63, 3.8) is 0 Å². The Labute approximate surface area is 167 Å². The van der Waals surface area contributed by atoms with Crippen LogP contribution in [0.3, 0.4) is 0 Å². The van der Waals surface area contributed by atoms with Crippen molar-refractivity contribution in [3.05, 3.63) is 0 Å². The second kappa shape index (κ2) is 19.2. The summed E-state index contributed by atoms with van der Waals surface area (Å²) in [4.78, 5) is 0. The molecular weight excluding hydrogens is 342 g/mol. The van der Waals surface area contributed by atoms with Crippen molar-refractivity contribution in [2.45, 2.75) is 116 Å². The summed E-state index contributed by atoms with van der Waals surface area (Å²) < 4.78 is 1.28. The largest absolute Gasteiger partial charge is 0.393 e. The predicted molar refractivity (Wildman–Crippen MR) is 121 cm³/mol. The van der Waals surface area contributed by atoms with Gasteiger partial charge in [0.05, 0.1) is 20.6 Å². The van der Waals surface area contributed by atoms with Gasteiger partial charge in [-0.05, 0) is 12.8 Å². The first-order valence-corrected chi connectivity index (χ1v) is 13.7. The molecule has 3 heteroatoms. The summed E-state index contributed by atoms with van der Waals surface area (Å²) in [7, 11) is 4.79. The fraction of sp³-hybridized carbons (Fsp3) is 1.00. The monoisotopic (exact) mass is 390 g/mol. The average molecular weight is 391 g/mol. The molecule has 0 N–H and O–H groups in total. The van der Waals surface area contributed by atoms with Crippen molar-refractivity contribution < 1.29 is 4.15 Å². The molecule has 0 atom stereocenters. The van der Waals surface area contributed by atoms with Gasteiger partial charge in [-0.3, -0.25) is 0 Å². The second-order valence-corrected chi connectivity index (χ2v) is 12.0. The molecule has 0 unspecified atom stereocenters. The van der Waals surface area contributed by atoms with Crippen LogP contribution in [0.2, 0.25) is 6.04 Å². The van der Waals surface area contributed by atoms with Crippen molar-refractivity contribution in [3.8, 4) is 0 Å². The SMILES string of the molecule is CCCCCCCCCCCCCCCCCC[N+](C)(C)[SiH2]CCCl. The van der Waals surface area contributed by atoms with Crippen molar-refractivity contribution in [2.75, 3.05) is 26.5 Å². The van der Waals surface area contributed by atoms with Crippen LogP contribution >= 0.6 is 11.6 Å². The van der Waals surface area contributed by atoms with E-state index in [1.54, 1.807) is 0 Å². The molecule has 0 fully saturated rings. The molecule has 152 valence electrons. The van der Waals surface area contributed by atoms with Crippen LogP contribution in [0, 0.1) is 0 Å². The summed E-state index contributed by atoms with van der Waals surface area (Å²) in [6, 6.07) is 1.29. The minimum absolute atomic E-state index is 0.0211. The molecule has 0 aromatic rings. The highest BCUT2D eigenvalue weighted by Gasteiger charge is 2.13. The summed E-state index contributed by atoms with van der Waals surface area (Å²) in [5.74, 6) is 0.868. The van der Waals surface area contributed by atoms with Crippen LogP contribution in [0.1, 0.15) is 110 Å². The zero-order chi connectivity index (χ0) is 18.6. The smallest absolute Gasteiger partial charge is 0.255 e. The maximum atomic E-state index is 5.84. The Morgan fingerprint density at radius 3 is 1.32 bits per heavy atom. The van der Waals surface area contributed by atoms with E-state index >= 15 is 0 Å². The van der Waals surface area contributed by atoms with E-state index in [-0.39, 0.29) is 9.68 Å². The third kappa shape index (κ3) is 20.6. The highest BCUT2D eigenvalue weighted by molar-refractivity contribution is 6.30. The molecule has 0 aromatic carbocycles. The van der Waals surface area contributed by atoms with E-state index in [2.05, 4.69) is 21.0 Å². The zero-order valence-electron chi connectivity index (χ0n) is 18.0. The number of hydrogen-bond acceptors (Lipinski definition) is 0. The molecule has 0 rings (SSSR count). The summed E-state index contributed by atoms with van der Waals surface area (Å²) in [6.07, 6.45) is 23.3. The number of alkyl halides is 1. The van der Waals surface area contributed by atoms with Crippen LogP contribution in [0.25, 0.3) is 0 Å². The maximum absolute atomic E-state index is 5.84. The van der Waals surface area contributed by atoms with Crippen LogP contribution in [-0.2, 0) is 0 Å². The van der Waals surface area contributed by atoms with Gasteiger partial charge in [0.1, 0.15) is 0 Å². The first kappa shape index (κ1) is 25.5. The van der Waals surface area contributed by atoms with Crippen LogP contribution in [-0.4, -0.2) is 40.3 Å². The van der Waals surface area contributed by atoms with Gasteiger partial charge in [-0.15, -0.1) is 11.6 Å². The van der Waals surface area contributed by atoms with Gasteiger partial charge in [0.2, 0.25) is 0 Å². The number of nitrogens with zero attached hydrogens (tertiary/aromatic N) is 1. The topological polar surface area (TPSA) is 0 Å². The molecule has 0 aliphatic heterocycles. The molecule has 0 saturated heterocycles. The molecule has 25 heavy (non-hydrogen) atoms. The van der Waals surface area contributed by atoms with Crippen molar-refractivity contribution in [1.29, 1.82) is 0 Å². The number of hydrogen-bond donors (Lipinski definition) is 0. The highest BCUT2D eigenvalue weighted by Crippen LogP contribution is 2.14. The third-order valence-electron chi connectivity index (χ3n) is 5.51. The van der Waals surface area contributed by atoms with Gasteiger partial charge >= 0.3 is 0 Å². The van der Waals surface area contributed by atoms with Gasteiger partial charge in [0, 0.05) is 11.9 Å². The number of quaternary nitrogens is 1. The van der Waals surface area contributed by atoms with Crippen LogP contribution in [0.5, 0.6) is 0 Å². The van der Waals surface area contributed by atoms with Gasteiger partial charge in [0.25, 0.3) is 9.68 Å². The van der Waals surface area contributed by atoms with Crippen LogP contribution in [0.15, 0.2) is 0 Å². The maximum Gasteiger partial charge on any atom is 0.255 e. The molecule has 1 nitrogen and oxygen atoms in total. The summed E-state index contributed by atoms with van der Waals surface area (Å²) in [5.41, 5.74) is 0. The number of rotatable bonds is 20. The van der Waals surface area contributed by atoms with E-state index in [4.69, 9.17) is 11.6 Å². The van der Waals surface area contributed by atoms with Crippen LogP contribution < -0.4 is 0 Å². The highest BCUT2D eigenvalue weighted by atomic mass is 35.5. The number of unbranched alkanes of at least 4 members (excludes halogenated alkanes) is 15. The van der Waals surface area contributed by atoms with Crippen LogP contribution in [0.4, 0.5) is 0 Å². The molecule has 0 aliphatic rings. The Kier molecular flexibility index (Phi) is 19.6. The third-order valence-corrected chi connectivity index (χ3v) is 8.43. The van der Waals surface area contributed by atoms with Gasteiger partial charge < -0.3 is 4.15 Å². The summed E-state index contributed by atoms with van der Waals surface area (Å²) >= 11 is 5.84. The van der Waals surface area contributed by atoms with Crippen molar-refractivity contribution in [1.82, 2.24) is 0 Å². The van der Waals surface area contributed by atoms with E-state index in [9.17, 15) is 0 Å². The minimum Gasteiger partial charge on any atom is -0.393 e. The van der Waals surface area contributed by atoms with Crippen molar-refractivity contribution in [2.24, 2.45) is 0 Å². The Morgan fingerprint density at radius 1 is 0.600 bits per heavy atom. The number of halogens is 1. The normalized spacial score (nSPS) is 12.5.